The van der Waals surface area contributed by atoms with E-state index in [2.05, 4.69) is 18.0 Å². The highest BCUT2D eigenvalue weighted by atomic mass is 16.7. The van der Waals surface area contributed by atoms with Crippen molar-refractivity contribution in [3.05, 3.63) is 120 Å². The fourth-order valence-electron chi connectivity index (χ4n) is 9.12. The van der Waals surface area contributed by atoms with Crippen LogP contribution in [0.4, 0.5) is 9.59 Å². The molecule has 3 N–H and O–H groups in total. The van der Waals surface area contributed by atoms with Gasteiger partial charge >= 0.3 is 12.2 Å². The molecule has 3 aromatic rings. The van der Waals surface area contributed by atoms with E-state index in [9.17, 15) is 19.8 Å². The Morgan fingerprint density at radius 2 is 1.69 bits per heavy atom. The van der Waals surface area contributed by atoms with Gasteiger partial charge in [-0.15, -0.1) is 6.58 Å². The van der Waals surface area contributed by atoms with E-state index in [0.717, 1.165) is 47.9 Å². The lowest BCUT2D eigenvalue weighted by atomic mass is 9.55. The zero-order chi connectivity index (χ0) is 41.6. The number of methoxy groups -OCH3 is 1. The Morgan fingerprint density at radius 3 is 2.37 bits per heavy atom. The van der Waals surface area contributed by atoms with Crippen LogP contribution in [0.1, 0.15) is 80.9 Å². The number of ether oxygens (including phenoxy) is 4. The predicted octanol–water partition coefficient (Wildman–Crippen LogP) is 8.29. The summed E-state index contributed by atoms with van der Waals surface area (Å²) in [4.78, 5) is 34.8. The minimum absolute atomic E-state index is 0.00787. The Bertz CT molecular complexity index is 1900. The summed E-state index contributed by atoms with van der Waals surface area (Å²) in [7, 11) is 1.38. The third-order valence-electron chi connectivity index (χ3n) is 11.6. The molecule has 0 bridgehead atoms. The molecular formula is C47H59N3O9. The maximum Gasteiger partial charge on any atom is 0.412 e. The van der Waals surface area contributed by atoms with E-state index in [1.54, 1.807) is 17.0 Å². The van der Waals surface area contributed by atoms with Crippen molar-refractivity contribution in [3.63, 3.8) is 0 Å². The summed E-state index contributed by atoms with van der Waals surface area (Å²) in [6, 6.07) is 24.2. The normalized spacial score (nSPS) is 23.5. The second kappa shape index (κ2) is 21.2. The highest BCUT2D eigenvalue weighted by Crippen LogP contribution is 2.62. The lowest BCUT2D eigenvalue weighted by Crippen LogP contribution is -2.70. The summed E-state index contributed by atoms with van der Waals surface area (Å²) in [5.74, 6) is -1.24. The van der Waals surface area contributed by atoms with Crippen molar-refractivity contribution in [1.29, 1.82) is 0 Å². The number of oxime groups is 1. The fraction of sp³-hybridized carbons (Fsp3) is 0.468. The summed E-state index contributed by atoms with van der Waals surface area (Å²) in [6.45, 7) is 7.22. The van der Waals surface area contributed by atoms with Crippen LogP contribution in [0.15, 0.2) is 108 Å². The molecule has 12 heteroatoms. The first-order valence-corrected chi connectivity index (χ1v) is 21.0. The monoisotopic (exact) mass is 809 g/mol. The molecule has 1 fully saturated rings. The van der Waals surface area contributed by atoms with Crippen LogP contribution >= 0.6 is 0 Å². The number of nitrogens with zero attached hydrogens (tertiary/aromatic N) is 2. The molecule has 6 atom stereocenters. The number of allylic oxidation sites excluding steroid dienone is 1. The molecule has 3 aliphatic rings. The lowest BCUT2D eigenvalue weighted by molar-refractivity contribution is -0.255. The zero-order valence-electron chi connectivity index (χ0n) is 34.3. The Kier molecular flexibility index (Phi) is 15.6. The van der Waals surface area contributed by atoms with Crippen LogP contribution in [0.25, 0.3) is 0 Å². The van der Waals surface area contributed by atoms with Gasteiger partial charge in [-0.25, -0.2) is 9.59 Å². The standard InChI is InChI=1S/C47H59N3O9/c1-4-24-50(46(54)55-3)42-30-40(49-57-32-34-18-10-7-11-19-34)38-28-35(20-12-14-25-51)37(21-13-15-26-52)43-39-29-36(58-45(53)48-31-33-16-8-6-9-17-33)22-23-41(39)59-47(42,44(38)43)56-27-5-2/h5-11,16-19,22-23,28-29,35,37,42-44,51-52H,2,4,12-15,20-21,24-27,30-32H2,1,3H3,(H,48,53)/t35-,37+,42-,43+,44+,47+/m0/s1. The van der Waals surface area contributed by atoms with E-state index in [0.29, 0.717) is 49.6 Å². The van der Waals surface area contributed by atoms with Gasteiger partial charge in [0.15, 0.2) is 0 Å². The first-order chi connectivity index (χ1) is 28.9. The number of amides is 2. The highest BCUT2D eigenvalue weighted by Gasteiger charge is 2.65. The van der Waals surface area contributed by atoms with Crippen LogP contribution in [-0.4, -0.2) is 78.3 Å². The van der Waals surface area contributed by atoms with Gasteiger partial charge in [0.1, 0.15) is 24.1 Å². The molecule has 1 aliphatic heterocycles. The number of unbranched alkanes of at least 4 members (excludes halogenated alkanes) is 2. The smallest absolute Gasteiger partial charge is 0.412 e. The van der Waals surface area contributed by atoms with Gasteiger partial charge in [0.05, 0.1) is 25.3 Å². The Hall–Kier alpha value is -5.17. The maximum absolute atomic E-state index is 13.8. The first kappa shape index (κ1) is 43.4. The highest BCUT2D eigenvalue weighted by molar-refractivity contribution is 6.03. The average molecular weight is 810 g/mol. The fourth-order valence-corrected chi connectivity index (χ4v) is 9.12. The summed E-state index contributed by atoms with van der Waals surface area (Å²) in [6.07, 6.45) is 8.23. The number of fused-ring (bicyclic) bond motifs is 2. The van der Waals surface area contributed by atoms with Crippen molar-refractivity contribution in [2.24, 2.45) is 22.9 Å². The van der Waals surface area contributed by atoms with Gasteiger partial charge in [-0.05, 0) is 78.8 Å². The number of aliphatic hydroxyl groups is 2. The first-order valence-electron chi connectivity index (χ1n) is 21.0. The van der Waals surface area contributed by atoms with Gasteiger partial charge < -0.3 is 39.3 Å². The third kappa shape index (κ3) is 10.2. The van der Waals surface area contributed by atoms with Crippen LogP contribution in [0, 0.1) is 17.8 Å². The van der Waals surface area contributed by atoms with Gasteiger partial charge in [-0.1, -0.05) is 97.7 Å². The van der Waals surface area contributed by atoms with Gasteiger partial charge in [0, 0.05) is 44.2 Å². The van der Waals surface area contributed by atoms with E-state index >= 15 is 0 Å². The molecule has 2 aliphatic carbocycles. The summed E-state index contributed by atoms with van der Waals surface area (Å²) in [5, 5.41) is 27.5. The van der Waals surface area contributed by atoms with E-state index < -0.39 is 29.9 Å². The number of carbonyl (C=O) groups excluding carboxylic acids is 2. The van der Waals surface area contributed by atoms with Crippen molar-refractivity contribution in [1.82, 2.24) is 10.2 Å². The number of carbonyl (C=O) groups is 2. The topological polar surface area (TPSA) is 148 Å². The molecule has 12 nitrogen and oxygen atoms in total. The van der Waals surface area contributed by atoms with E-state index in [1.165, 1.54) is 7.11 Å². The van der Waals surface area contributed by atoms with Crippen molar-refractivity contribution in [2.45, 2.75) is 89.2 Å². The Balaban J connectivity index is 1.51. The van der Waals surface area contributed by atoms with Gasteiger partial charge in [-0.3, -0.25) is 4.90 Å². The largest absolute Gasteiger partial charge is 0.459 e. The van der Waals surface area contributed by atoms with Crippen molar-refractivity contribution >= 4 is 17.9 Å². The molecule has 6 rings (SSSR count). The van der Waals surface area contributed by atoms with Crippen molar-refractivity contribution in [3.8, 4) is 11.5 Å². The molecule has 0 aromatic heterocycles. The van der Waals surface area contributed by atoms with Crippen molar-refractivity contribution < 1.29 is 43.6 Å². The number of hydrogen-bond acceptors (Lipinski definition) is 10. The molecule has 2 amide bonds. The number of rotatable bonds is 20. The molecule has 1 saturated carbocycles. The van der Waals surface area contributed by atoms with Gasteiger partial charge in [0.2, 0.25) is 5.79 Å². The second-order valence-corrected chi connectivity index (χ2v) is 15.4. The van der Waals surface area contributed by atoms with Crippen LogP contribution in [0.3, 0.4) is 0 Å². The van der Waals surface area contributed by atoms with Crippen molar-refractivity contribution in [2.75, 3.05) is 33.5 Å². The average Bonchev–Trinajstić information content (AvgIpc) is 3.26. The minimum atomic E-state index is -1.42. The lowest BCUT2D eigenvalue weighted by Gasteiger charge is -2.59. The van der Waals surface area contributed by atoms with E-state index in [4.69, 9.17) is 28.9 Å². The van der Waals surface area contributed by atoms with Gasteiger partial charge in [0.25, 0.3) is 0 Å². The molecule has 0 spiro atoms. The van der Waals surface area contributed by atoms with E-state index in [1.807, 2.05) is 79.7 Å². The second-order valence-electron chi connectivity index (χ2n) is 15.4. The predicted molar refractivity (Wildman–Crippen MR) is 225 cm³/mol. The molecular weight excluding hydrogens is 751 g/mol. The molecule has 0 saturated heterocycles. The summed E-state index contributed by atoms with van der Waals surface area (Å²) < 4.78 is 25.5. The van der Waals surface area contributed by atoms with Crippen LogP contribution in [0.5, 0.6) is 11.5 Å². The summed E-state index contributed by atoms with van der Waals surface area (Å²) >= 11 is 0. The van der Waals surface area contributed by atoms with Crippen LogP contribution < -0.4 is 14.8 Å². The van der Waals surface area contributed by atoms with Crippen LogP contribution in [0.2, 0.25) is 0 Å². The number of nitrogens with one attached hydrogen (secondary N) is 1. The van der Waals surface area contributed by atoms with E-state index in [-0.39, 0.29) is 50.6 Å². The third-order valence-corrected chi connectivity index (χ3v) is 11.6. The molecule has 0 radical (unpaired) electrons. The Labute approximate surface area is 347 Å². The minimum Gasteiger partial charge on any atom is -0.459 e. The number of benzene rings is 3. The number of hydrogen-bond donors (Lipinski definition) is 3. The SMILES string of the molecule is C=CCO[C@@]12Oc3ccc(OC(=O)NCc4ccccc4)cc3[C@H]3[C@H](CCCCO)[C@@H](CCCCO)C=C(C(=NOCc4ccccc4)C[C@@H]1N(CCC)C(=O)OC)[C@H]32. The molecule has 3 aromatic carbocycles. The summed E-state index contributed by atoms with van der Waals surface area (Å²) in [5.41, 5.74) is 4.35. The number of aliphatic hydroxyl groups excluding tert-OH is 2. The molecule has 59 heavy (non-hydrogen) atoms. The molecule has 1 heterocycles. The Morgan fingerprint density at radius 1 is 0.983 bits per heavy atom. The maximum atomic E-state index is 13.8. The zero-order valence-corrected chi connectivity index (χ0v) is 34.3. The molecule has 0 unspecified atom stereocenters. The van der Waals surface area contributed by atoms with Gasteiger partial charge in [-0.2, -0.15) is 0 Å². The van der Waals surface area contributed by atoms with Crippen LogP contribution in [-0.2, 0) is 27.5 Å². The molecule has 316 valence electrons. The quantitative estimate of drug-likeness (QED) is 0.0583.